The lowest BCUT2D eigenvalue weighted by molar-refractivity contribution is -0.154. The summed E-state index contributed by atoms with van der Waals surface area (Å²) in [6.07, 6.45) is -0.664. The van der Waals surface area contributed by atoms with E-state index in [9.17, 15) is 9.59 Å². The predicted octanol–water partition coefficient (Wildman–Crippen LogP) is -0.953. The van der Waals surface area contributed by atoms with E-state index in [1.54, 1.807) is 6.92 Å². The summed E-state index contributed by atoms with van der Waals surface area (Å²) in [5.74, 6) is -1.74. The molecule has 0 aliphatic rings. The zero-order valence-electron chi connectivity index (χ0n) is 7.16. The maximum Gasteiger partial charge on any atom is 0.396 e. The van der Waals surface area contributed by atoms with Crippen molar-refractivity contribution in [1.82, 2.24) is 5.32 Å². The number of carbonyl (C=O) groups is 2. The van der Waals surface area contributed by atoms with Gasteiger partial charge in [0, 0.05) is 6.54 Å². The molecule has 0 aromatic rings. The van der Waals surface area contributed by atoms with E-state index in [0.29, 0.717) is 0 Å². The number of ether oxygens (including phenoxy) is 1. The minimum Gasteiger partial charge on any atom is -0.459 e. The largest absolute Gasteiger partial charge is 0.459 e. The fraction of sp³-hybridized carbons (Fsp3) is 0.714. The van der Waals surface area contributed by atoms with Crippen molar-refractivity contribution < 1.29 is 19.4 Å². The molecule has 0 saturated heterocycles. The highest BCUT2D eigenvalue weighted by atomic mass is 16.5. The van der Waals surface area contributed by atoms with Gasteiger partial charge in [-0.1, -0.05) is 0 Å². The molecule has 1 unspecified atom stereocenters. The molecule has 1 atom stereocenters. The molecule has 5 heteroatoms. The molecule has 0 aromatic heterocycles. The Morgan fingerprint density at radius 1 is 1.58 bits per heavy atom. The zero-order valence-corrected chi connectivity index (χ0v) is 7.16. The van der Waals surface area contributed by atoms with Gasteiger partial charge >= 0.3 is 11.9 Å². The van der Waals surface area contributed by atoms with Gasteiger partial charge in [-0.05, 0) is 13.8 Å². The first-order chi connectivity index (χ1) is 5.57. The number of amides is 1. The predicted molar refractivity (Wildman–Crippen MR) is 41.3 cm³/mol. The van der Waals surface area contributed by atoms with E-state index < -0.39 is 18.0 Å². The Morgan fingerprint density at radius 3 is 2.58 bits per heavy atom. The summed E-state index contributed by atoms with van der Waals surface area (Å²) in [6.45, 7) is 3.34. The molecule has 0 aliphatic heterocycles. The van der Waals surface area contributed by atoms with Crippen LogP contribution in [0.15, 0.2) is 0 Å². The number of aliphatic hydroxyl groups excluding tert-OH is 1. The van der Waals surface area contributed by atoms with E-state index >= 15 is 0 Å². The maximum absolute atomic E-state index is 10.7. The van der Waals surface area contributed by atoms with Crippen molar-refractivity contribution in [2.75, 3.05) is 13.2 Å². The molecule has 0 aliphatic carbocycles. The Kier molecular flexibility index (Phi) is 5.03. The van der Waals surface area contributed by atoms with Crippen molar-refractivity contribution in [3.8, 4) is 0 Å². The summed E-state index contributed by atoms with van der Waals surface area (Å²) in [5, 5.41) is 10.9. The smallest absolute Gasteiger partial charge is 0.396 e. The van der Waals surface area contributed by atoms with Crippen LogP contribution in [0.25, 0.3) is 0 Å². The molecule has 0 heterocycles. The van der Waals surface area contributed by atoms with Crippen LogP contribution in [0.5, 0.6) is 0 Å². The van der Waals surface area contributed by atoms with E-state index in [2.05, 4.69) is 10.1 Å². The van der Waals surface area contributed by atoms with Gasteiger partial charge in [0.15, 0.2) is 0 Å². The van der Waals surface area contributed by atoms with Crippen LogP contribution >= 0.6 is 0 Å². The third-order valence-corrected chi connectivity index (χ3v) is 1.02. The van der Waals surface area contributed by atoms with Gasteiger partial charge in [-0.2, -0.15) is 0 Å². The topological polar surface area (TPSA) is 75.6 Å². The monoisotopic (exact) mass is 175 g/mol. The number of carbonyl (C=O) groups excluding carboxylic acids is 2. The molecule has 0 fully saturated rings. The molecule has 0 saturated carbocycles. The summed E-state index contributed by atoms with van der Waals surface area (Å²) in [6, 6.07) is 0. The van der Waals surface area contributed by atoms with Gasteiger partial charge in [-0.3, -0.25) is 4.79 Å². The Bertz CT molecular complexity index is 167. The van der Waals surface area contributed by atoms with E-state index in [1.165, 1.54) is 6.92 Å². The summed E-state index contributed by atoms with van der Waals surface area (Å²) in [5.41, 5.74) is 0. The highest BCUT2D eigenvalue weighted by Gasteiger charge is 2.13. The minimum atomic E-state index is -0.918. The molecular weight excluding hydrogens is 162 g/mol. The second kappa shape index (κ2) is 5.54. The van der Waals surface area contributed by atoms with Crippen LogP contribution in [0.1, 0.15) is 13.8 Å². The first kappa shape index (κ1) is 10.9. The lowest BCUT2D eigenvalue weighted by Crippen LogP contribution is -2.36. The van der Waals surface area contributed by atoms with Crippen LogP contribution in [-0.2, 0) is 14.3 Å². The third-order valence-electron chi connectivity index (χ3n) is 1.02. The Labute approximate surface area is 70.7 Å². The lowest BCUT2D eigenvalue weighted by atomic mass is 10.4. The molecule has 0 radical (unpaired) electrons. The fourth-order valence-corrected chi connectivity index (χ4v) is 0.509. The summed E-state index contributed by atoms with van der Waals surface area (Å²) in [7, 11) is 0. The normalized spacial score (nSPS) is 11.9. The second-order valence-corrected chi connectivity index (χ2v) is 2.28. The number of hydrogen-bond acceptors (Lipinski definition) is 4. The Hall–Kier alpha value is -1.10. The molecule has 0 spiro atoms. The SMILES string of the molecule is CCOC(=O)C(=O)NCC(C)O. The molecule has 2 N–H and O–H groups in total. The first-order valence-corrected chi connectivity index (χ1v) is 3.71. The van der Waals surface area contributed by atoms with E-state index in [-0.39, 0.29) is 13.2 Å². The number of nitrogens with one attached hydrogen (secondary N) is 1. The van der Waals surface area contributed by atoms with Crippen LogP contribution in [-0.4, -0.2) is 36.2 Å². The Balaban J connectivity index is 3.65. The van der Waals surface area contributed by atoms with Crippen molar-refractivity contribution in [3.05, 3.63) is 0 Å². The number of aliphatic hydroxyl groups is 1. The van der Waals surface area contributed by atoms with Gasteiger partial charge in [0.1, 0.15) is 0 Å². The van der Waals surface area contributed by atoms with Crippen LogP contribution < -0.4 is 5.32 Å². The van der Waals surface area contributed by atoms with Crippen molar-refractivity contribution in [2.45, 2.75) is 20.0 Å². The van der Waals surface area contributed by atoms with E-state index in [4.69, 9.17) is 5.11 Å². The number of esters is 1. The molecule has 0 bridgehead atoms. The summed E-state index contributed by atoms with van der Waals surface area (Å²) >= 11 is 0. The van der Waals surface area contributed by atoms with Gasteiger partial charge in [0.2, 0.25) is 0 Å². The fourth-order valence-electron chi connectivity index (χ4n) is 0.509. The minimum absolute atomic E-state index is 0.0532. The third kappa shape index (κ3) is 4.68. The van der Waals surface area contributed by atoms with Crippen LogP contribution in [0.4, 0.5) is 0 Å². The first-order valence-electron chi connectivity index (χ1n) is 3.71. The van der Waals surface area contributed by atoms with Crippen LogP contribution in [0, 0.1) is 0 Å². The van der Waals surface area contributed by atoms with Gasteiger partial charge in [0.25, 0.3) is 0 Å². The van der Waals surface area contributed by atoms with E-state index in [0.717, 1.165) is 0 Å². The second-order valence-electron chi connectivity index (χ2n) is 2.28. The molecule has 5 nitrogen and oxygen atoms in total. The van der Waals surface area contributed by atoms with E-state index in [1.807, 2.05) is 0 Å². The van der Waals surface area contributed by atoms with Gasteiger partial charge in [0.05, 0.1) is 12.7 Å². The van der Waals surface area contributed by atoms with Crippen LogP contribution in [0.2, 0.25) is 0 Å². The molecule has 1 amide bonds. The van der Waals surface area contributed by atoms with Gasteiger partial charge in [-0.15, -0.1) is 0 Å². The van der Waals surface area contributed by atoms with Crippen LogP contribution in [0.3, 0.4) is 0 Å². The molecule has 0 rings (SSSR count). The highest BCUT2D eigenvalue weighted by molar-refractivity contribution is 6.32. The maximum atomic E-state index is 10.7. The Morgan fingerprint density at radius 2 is 2.17 bits per heavy atom. The molecule has 12 heavy (non-hydrogen) atoms. The molecule has 70 valence electrons. The summed E-state index contributed by atoms with van der Waals surface area (Å²) < 4.78 is 4.40. The van der Waals surface area contributed by atoms with Crippen molar-refractivity contribution >= 4 is 11.9 Å². The zero-order chi connectivity index (χ0) is 9.56. The lowest BCUT2D eigenvalue weighted by Gasteiger charge is -2.05. The number of rotatable bonds is 3. The molecular formula is C7H13NO4. The quantitative estimate of drug-likeness (QED) is 0.428. The highest BCUT2D eigenvalue weighted by Crippen LogP contribution is 1.80. The molecule has 0 aromatic carbocycles. The van der Waals surface area contributed by atoms with Crippen molar-refractivity contribution in [2.24, 2.45) is 0 Å². The average molecular weight is 175 g/mol. The number of hydrogen-bond donors (Lipinski definition) is 2. The summed E-state index contributed by atoms with van der Waals surface area (Å²) in [4.78, 5) is 21.4. The van der Waals surface area contributed by atoms with Crippen molar-refractivity contribution in [1.29, 1.82) is 0 Å². The standard InChI is InChI=1S/C7H13NO4/c1-3-12-7(11)6(10)8-4-5(2)9/h5,9H,3-4H2,1-2H3,(H,8,10). The van der Waals surface area contributed by atoms with Gasteiger partial charge < -0.3 is 15.2 Å². The average Bonchev–Trinajstić information content (AvgIpc) is 2.00. The van der Waals surface area contributed by atoms with Gasteiger partial charge in [-0.25, -0.2) is 4.79 Å². The van der Waals surface area contributed by atoms with Crippen molar-refractivity contribution in [3.63, 3.8) is 0 Å².